The molecule has 0 bridgehead atoms. The van der Waals surface area contributed by atoms with Gasteiger partial charge in [-0.3, -0.25) is 9.20 Å². The largest absolute Gasteiger partial charge is 0.342 e. The van der Waals surface area contributed by atoms with Crippen molar-refractivity contribution in [2.45, 2.75) is 26.7 Å². The average molecular weight is 291 g/mol. The molecule has 0 atom stereocenters. The lowest BCUT2D eigenvalue weighted by Gasteiger charge is -2.08. The summed E-state index contributed by atoms with van der Waals surface area (Å²) in [6.07, 6.45) is 1.80. The molecule has 0 aliphatic rings. The highest BCUT2D eigenvalue weighted by molar-refractivity contribution is 5.74. The lowest BCUT2D eigenvalue weighted by molar-refractivity contribution is 0.833. The van der Waals surface area contributed by atoms with Crippen molar-refractivity contribution in [2.75, 3.05) is 0 Å². The Labute approximate surface area is 128 Å². The Bertz CT molecular complexity index is 940. The predicted molar refractivity (Wildman–Crippen MR) is 87.0 cm³/mol. The lowest BCUT2D eigenvalue weighted by atomic mass is 9.99. The molecular weight excluding hydrogens is 274 g/mol. The number of fused-ring (bicyclic) bond motifs is 1. The molecule has 4 nitrogen and oxygen atoms in total. The number of pyridine rings is 1. The molecule has 3 aromatic rings. The maximum atomic E-state index is 12.9. The topological polar surface area (TPSA) is 61.1 Å². The number of nitrogens with zero attached hydrogens (tertiary/aromatic N) is 2. The van der Waals surface area contributed by atoms with Gasteiger partial charge in [0, 0.05) is 11.9 Å². The molecule has 0 fully saturated rings. The van der Waals surface area contributed by atoms with Crippen molar-refractivity contribution in [3.05, 3.63) is 63.7 Å². The Morgan fingerprint density at radius 1 is 1.23 bits per heavy atom. The van der Waals surface area contributed by atoms with Crippen LogP contribution >= 0.6 is 0 Å². The zero-order valence-corrected chi connectivity index (χ0v) is 12.8. The minimum absolute atomic E-state index is 0.0964. The number of benzene rings is 1. The number of hydrogen-bond acceptors (Lipinski definition) is 2. The van der Waals surface area contributed by atoms with Crippen LogP contribution < -0.4 is 5.56 Å². The van der Waals surface area contributed by atoms with E-state index in [4.69, 9.17) is 0 Å². The van der Waals surface area contributed by atoms with Crippen LogP contribution in [-0.2, 0) is 0 Å². The number of hydrogen-bond donors (Lipinski definition) is 1. The van der Waals surface area contributed by atoms with Gasteiger partial charge in [-0.1, -0.05) is 44.2 Å². The van der Waals surface area contributed by atoms with Gasteiger partial charge in [0.2, 0.25) is 0 Å². The van der Waals surface area contributed by atoms with Gasteiger partial charge in [0.05, 0.1) is 11.1 Å². The molecule has 0 radical (unpaired) electrons. The summed E-state index contributed by atoms with van der Waals surface area (Å²) in [5.41, 5.74) is 4.08. The SMILES string of the molecule is Cc1c(-c2ccccc2)c(=O)n2cc(C(C)C)[nH]c2c1C#N. The van der Waals surface area contributed by atoms with Crippen molar-refractivity contribution in [1.82, 2.24) is 9.38 Å². The van der Waals surface area contributed by atoms with Gasteiger partial charge in [-0.25, -0.2) is 0 Å². The molecule has 0 aliphatic carbocycles. The predicted octanol–water partition coefficient (Wildman–Crippen LogP) is 3.60. The summed E-state index contributed by atoms with van der Waals surface area (Å²) < 4.78 is 1.56. The second-order valence-corrected chi connectivity index (χ2v) is 5.74. The van der Waals surface area contributed by atoms with E-state index >= 15 is 0 Å². The van der Waals surface area contributed by atoms with Gasteiger partial charge in [-0.2, -0.15) is 5.26 Å². The van der Waals surface area contributed by atoms with E-state index in [0.29, 0.717) is 16.8 Å². The molecule has 2 aromatic heterocycles. The van der Waals surface area contributed by atoms with Crippen molar-refractivity contribution in [1.29, 1.82) is 5.26 Å². The van der Waals surface area contributed by atoms with Crippen LogP contribution in [0.1, 0.15) is 36.6 Å². The molecule has 1 aromatic carbocycles. The Hall–Kier alpha value is -2.80. The van der Waals surface area contributed by atoms with Crippen LogP contribution in [0, 0.1) is 18.3 Å². The van der Waals surface area contributed by atoms with Crippen LogP contribution in [0.25, 0.3) is 16.8 Å². The quantitative estimate of drug-likeness (QED) is 0.784. The summed E-state index contributed by atoms with van der Waals surface area (Å²) in [6.45, 7) is 5.93. The number of nitriles is 1. The molecule has 0 spiro atoms. The molecule has 0 aliphatic heterocycles. The van der Waals surface area contributed by atoms with Crippen LogP contribution in [0.4, 0.5) is 0 Å². The van der Waals surface area contributed by atoms with Crippen LogP contribution in [0.2, 0.25) is 0 Å². The highest BCUT2D eigenvalue weighted by atomic mass is 16.1. The van der Waals surface area contributed by atoms with Gasteiger partial charge >= 0.3 is 0 Å². The summed E-state index contributed by atoms with van der Waals surface area (Å²) in [6, 6.07) is 11.7. The third kappa shape index (κ3) is 2.03. The van der Waals surface area contributed by atoms with Crippen molar-refractivity contribution >= 4 is 5.65 Å². The van der Waals surface area contributed by atoms with Gasteiger partial charge in [-0.15, -0.1) is 0 Å². The van der Waals surface area contributed by atoms with Gasteiger partial charge in [0.1, 0.15) is 11.7 Å². The summed E-state index contributed by atoms with van der Waals surface area (Å²) >= 11 is 0. The lowest BCUT2D eigenvalue weighted by Crippen LogP contribution is -2.17. The highest BCUT2D eigenvalue weighted by Crippen LogP contribution is 2.25. The second-order valence-electron chi connectivity index (χ2n) is 5.74. The van der Waals surface area contributed by atoms with Crippen LogP contribution in [0.5, 0.6) is 0 Å². The molecule has 0 saturated heterocycles. The molecule has 22 heavy (non-hydrogen) atoms. The fourth-order valence-electron chi connectivity index (χ4n) is 2.73. The van der Waals surface area contributed by atoms with Crippen LogP contribution in [0.3, 0.4) is 0 Å². The minimum Gasteiger partial charge on any atom is -0.342 e. The molecule has 1 N–H and O–H groups in total. The molecule has 110 valence electrons. The van der Waals surface area contributed by atoms with E-state index in [1.807, 2.05) is 51.1 Å². The first-order valence-electron chi connectivity index (χ1n) is 7.28. The summed E-state index contributed by atoms with van der Waals surface area (Å²) in [4.78, 5) is 16.1. The summed E-state index contributed by atoms with van der Waals surface area (Å²) in [5.74, 6) is 0.256. The van der Waals surface area contributed by atoms with Gasteiger partial charge in [-0.05, 0) is 24.0 Å². The molecule has 3 rings (SSSR count). The number of nitrogens with one attached hydrogen (secondary N) is 1. The minimum atomic E-state index is -0.0964. The standard InChI is InChI=1S/C18H17N3O/c1-11(2)15-10-21-17(20-15)14(9-19)12(3)16(18(21)22)13-7-5-4-6-8-13/h4-8,10-11,20H,1-3H3. The Morgan fingerprint density at radius 3 is 2.50 bits per heavy atom. The maximum absolute atomic E-state index is 12.9. The van der Waals surface area contributed by atoms with E-state index in [1.165, 1.54) is 0 Å². The first-order valence-corrected chi connectivity index (χ1v) is 7.28. The Kier molecular flexibility index (Phi) is 3.34. The number of H-pyrrole nitrogens is 1. The summed E-state index contributed by atoms with van der Waals surface area (Å²) in [5, 5.41) is 9.54. The monoisotopic (exact) mass is 291 g/mol. The van der Waals surface area contributed by atoms with E-state index < -0.39 is 0 Å². The van der Waals surface area contributed by atoms with E-state index in [1.54, 1.807) is 10.6 Å². The Balaban J connectivity index is 2.45. The average Bonchev–Trinajstić information content (AvgIpc) is 2.94. The van der Waals surface area contributed by atoms with Crippen LogP contribution in [-0.4, -0.2) is 9.38 Å². The van der Waals surface area contributed by atoms with Crippen molar-refractivity contribution in [2.24, 2.45) is 0 Å². The van der Waals surface area contributed by atoms with E-state index in [-0.39, 0.29) is 11.5 Å². The molecule has 0 unspecified atom stereocenters. The molecule has 2 heterocycles. The van der Waals surface area contributed by atoms with E-state index in [2.05, 4.69) is 11.1 Å². The second kappa shape index (κ2) is 5.19. The van der Waals surface area contributed by atoms with Crippen molar-refractivity contribution in [3.63, 3.8) is 0 Å². The first-order chi connectivity index (χ1) is 10.5. The molecule has 0 saturated carbocycles. The van der Waals surface area contributed by atoms with Gasteiger partial charge in [0.25, 0.3) is 5.56 Å². The maximum Gasteiger partial charge on any atom is 0.264 e. The third-order valence-electron chi connectivity index (χ3n) is 3.99. The fourth-order valence-corrected chi connectivity index (χ4v) is 2.73. The third-order valence-corrected chi connectivity index (χ3v) is 3.99. The van der Waals surface area contributed by atoms with Gasteiger partial charge in [0.15, 0.2) is 0 Å². The molecule has 0 amide bonds. The zero-order valence-electron chi connectivity index (χ0n) is 12.8. The first kappa shape index (κ1) is 14.2. The molecular formula is C18H17N3O. The van der Waals surface area contributed by atoms with E-state index in [0.717, 1.165) is 16.8 Å². The Morgan fingerprint density at radius 2 is 1.91 bits per heavy atom. The van der Waals surface area contributed by atoms with Crippen LogP contribution in [0.15, 0.2) is 41.3 Å². The highest BCUT2D eigenvalue weighted by Gasteiger charge is 2.18. The number of aromatic nitrogens is 2. The summed E-state index contributed by atoms with van der Waals surface area (Å²) in [7, 11) is 0. The number of aromatic amines is 1. The fraction of sp³-hybridized carbons (Fsp3) is 0.222. The zero-order chi connectivity index (χ0) is 15.9. The smallest absolute Gasteiger partial charge is 0.264 e. The van der Waals surface area contributed by atoms with E-state index in [9.17, 15) is 10.1 Å². The molecule has 4 heteroatoms. The van der Waals surface area contributed by atoms with Gasteiger partial charge < -0.3 is 4.98 Å². The van der Waals surface area contributed by atoms with Crippen molar-refractivity contribution in [3.8, 4) is 17.2 Å². The van der Waals surface area contributed by atoms with Crippen molar-refractivity contribution < 1.29 is 0 Å². The number of rotatable bonds is 2. The normalized spacial score (nSPS) is 11.0. The number of imidazole rings is 1.